The SMILES string of the molecule is CCOC(CC=O)OCC.[AlH3]. The Hall–Kier alpha value is 0.122. The van der Waals surface area contributed by atoms with E-state index in [0.717, 1.165) is 6.29 Å². The number of carbonyl (C=O) groups excluding carboxylic acids is 1. The molecule has 3 nitrogen and oxygen atoms in total. The Bertz CT molecular complexity index is 81.8. The highest BCUT2D eigenvalue weighted by molar-refractivity contribution is 5.75. The quantitative estimate of drug-likeness (QED) is 0.319. The molecule has 0 saturated carbocycles. The Labute approximate surface area is 78.2 Å². The van der Waals surface area contributed by atoms with E-state index in [0.29, 0.717) is 19.6 Å². The lowest BCUT2D eigenvalue weighted by atomic mass is 10.4. The van der Waals surface area contributed by atoms with Crippen LogP contribution in [0.3, 0.4) is 0 Å². The zero-order valence-corrected chi connectivity index (χ0v) is 6.50. The Morgan fingerprint density at radius 3 is 2.00 bits per heavy atom. The summed E-state index contributed by atoms with van der Waals surface area (Å²) in [7, 11) is 0. The van der Waals surface area contributed by atoms with Gasteiger partial charge in [0, 0.05) is 13.2 Å². The summed E-state index contributed by atoms with van der Waals surface area (Å²) in [4.78, 5) is 10.0. The van der Waals surface area contributed by atoms with Crippen LogP contribution >= 0.6 is 0 Å². The lowest BCUT2D eigenvalue weighted by Gasteiger charge is -2.12. The summed E-state index contributed by atoms with van der Waals surface area (Å²) in [5.74, 6) is 0. The molecule has 0 heterocycles. The van der Waals surface area contributed by atoms with Crippen LogP contribution in [0.25, 0.3) is 0 Å². The molecule has 0 rings (SSSR count). The molecule has 0 aromatic heterocycles. The van der Waals surface area contributed by atoms with Crippen molar-refractivity contribution in [2.45, 2.75) is 26.6 Å². The Morgan fingerprint density at radius 1 is 1.27 bits per heavy atom. The predicted molar refractivity (Wildman–Crippen MR) is 47.7 cm³/mol. The van der Waals surface area contributed by atoms with Crippen molar-refractivity contribution in [1.82, 2.24) is 0 Å². The molecule has 11 heavy (non-hydrogen) atoms. The van der Waals surface area contributed by atoms with Crippen molar-refractivity contribution in [3.63, 3.8) is 0 Å². The molecule has 0 aromatic rings. The maximum atomic E-state index is 10.0. The molecule has 0 aliphatic carbocycles. The van der Waals surface area contributed by atoms with Gasteiger partial charge in [0.15, 0.2) is 23.7 Å². The summed E-state index contributed by atoms with van der Waals surface area (Å²) in [6.45, 7) is 4.91. The van der Waals surface area contributed by atoms with Crippen molar-refractivity contribution >= 4 is 23.6 Å². The summed E-state index contributed by atoms with van der Waals surface area (Å²) in [6, 6.07) is 0. The molecule has 0 aliphatic rings. The van der Waals surface area contributed by atoms with E-state index < -0.39 is 0 Å². The van der Waals surface area contributed by atoms with Gasteiger partial charge >= 0.3 is 0 Å². The molecule has 0 aromatic carbocycles. The lowest BCUT2D eigenvalue weighted by molar-refractivity contribution is -0.145. The van der Waals surface area contributed by atoms with Crippen LogP contribution in [-0.4, -0.2) is 43.2 Å². The second-order valence-electron chi connectivity index (χ2n) is 1.74. The molecule has 0 bridgehead atoms. The van der Waals surface area contributed by atoms with Gasteiger partial charge < -0.3 is 14.3 Å². The highest BCUT2D eigenvalue weighted by Gasteiger charge is 2.04. The molecule has 0 amide bonds. The zero-order chi connectivity index (χ0) is 7.82. The normalized spacial score (nSPS) is 9.36. The fourth-order valence-corrected chi connectivity index (χ4v) is 0.635. The minimum Gasteiger partial charge on any atom is -0.352 e. The van der Waals surface area contributed by atoms with Crippen LogP contribution in [0.2, 0.25) is 0 Å². The standard InChI is InChI=1S/C7H14O3.Al.3H/c1-3-9-7(5-6-8)10-4-2;;;;/h6-7H,3-5H2,1-2H3;;;;. The van der Waals surface area contributed by atoms with Crippen molar-refractivity contribution in [3.05, 3.63) is 0 Å². The minimum atomic E-state index is -0.340. The third kappa shape index (κ3) is 8.02. The van der Waals surface area contributed by atoms with Crippen LogP contribution < -0.4 is 0 Å². The maximum Gasteiger partial charge on any atom is 0.187 e. The Morgan fingerprint density at radius 2 is 1.73 bits per heavy atom. The van der Waals surface area contributed by atoms with Crippen LogP contribution in [0.5, 0.6) is 0 Å². The molecular weight excluding hydrogens is 159 g/mol. The van der Waals surface area contributed by atoms with Crippen LogP contribution in [0, 0.1) is 0 Å². The second-order valence-corrected chi connectivity index (χ2v) is 1.74. The number of hydrogen-bond donors (Lipinski definition) is 0. The fourth-order valence-electron chi connectivity index (χ4n) is 0.635. The van der Waals surface area contributed by atoms with E-state index in [2.05, 4.69) is 0 Å². The number of carbonyl (C=O) groups is 1. The average molecular weight is 176 g/mol. The highest BCUT2D eigenvalue weighted by atomic mass is 27.0. The molecule has 0 spiro atoms. The third-order valence-corrected chi connectivity index (χ3v) is 0.994. The van der Waals surface area contributed by atoms with Gasteiger partial charge in [-0.25, -0.2) is 0 Å². The zero-order valence-electron chi connectivity index (χ0n) is 6.50. The third-order valence-electron chi connectivity index (χ3n) is 0.994. The number of aldehydes is 1. The molecule has 0 fully saturated rings. The molecule has 0 saturated heterocycles. The number of hydrogen-bond acceptors (Lipinski definition) is 3. The van der Waals surface area contributed by atoms with Crippen LogP contribution in [0.4, 0.5) is 0 Å². The van der Waals surface area contributed by atoms with Gasteiger partial charge in [0.05, 0.1) is 6.42 Å². The van der Waals surface area contributed by atoms with E-state index in [4.69, 9.17) is 9.47 Å². The first-order chi connectivity index (χ1) is 4.85. The van der Waals surface area contributed by atoms with E-state index in [1.165, 1.54) is 0 Å². The van der Waals surface area contributed by atoms with Gasteiger partial charge in [-0.05, 0) is 13.8 Å². The van der Waals surface area contributed by atoms with Crippen molar-refractivity contribution in [1.29, 1.82) is 0 Å². The van der Waals surface area contributed by atoms with E-state index in [-0.39, 0.29) is 23.7 Å². The van der Waals surface area contributed by atoms with Gasteiger partial charge in [-0.2, -0.15) is 0 Å². The highest BCUT2D eigenvalue weighted by Crippen LogP contribution is 1.97. The largest absolute Gasteiger partial charge is 0.352 e. The van der Waals surface area contributed by atoms with E-state index >= 15 is 0 Å². The van der Waals surface area contributed by atoms with Gasteiger partial charge in [-0.1, -0.05) is 0 Å². The van der Waals surface area contributed by atoms with Gasteiger partial charge in [0.25, 0.3) is 0 Å². The van der Waals surface area contributed by atoms with Crippen LogP contribution in [0.1, 0.15) is 20.3 Å². The van der Waals surface area contributed by atoms with Crippen molar-refractivity contribution < 1.29 is 14.3 Å². The average Bonchev–Trinajstić information content (AvgIpc) is 1.90. The Kier molecular flexibility index (Phi) is 12.6. The van der Waals surface area contributed by atoms with Crippen molar-refractivity contribution in [3.8, 4) is 0 Å². The summed E-state index contributed by atoms with van der Waals surface area (Å²) in [6.07, 6.45) is 0.782. The van der Waals surface area contributed by atoms with Crippen molar-refractivity contribution in [2.24, 2.45) is 0 Å². The smallest absolute Gasteiger partial charge is 0.187 e. The van der Waals surface area contributed by atoms with Gasteiger partial charge in [0.2, 0.25) is 0 Å². The molecule has 66 valence electrons. The van der Waals surface area contributed by atoms with E-state index in [1.807, 2.05) is 13.8 Å². The molecule has 0 radical (unpaired) electrons. The fraction of sp³-hybridized carbons (Fsp3) is 0.857. The van der Waals surface area contributed by atoms with Crippen molar-refractivity contribution in [2.75, 3.05) is 13.2 Å². The number of ether oxygens (including phenoxy) is 2. The summed E-state index contributed by atoms with van der Waals surface area (Å²) >= 11 is 0. The van der Waals surface area contributed by atoms with Crippen LogP contribution in [-0.2, 0) is 14.3 Å². The maximum absolute atomic E-state index is 10.0. The molecule has 0 N–H and O–H groups in total. The van der Waals surface area contributed by atoms with Gasteiger partial charge in [-0.15, -0.1) is 0 Å². The van der Waals surface area contributed by atoms with Gasteiger partial charge in [0.1, 0.15) is 6.29 Å². The first kappa shape index (κ1) is 13.7. The predicted octanol–water partition coefficient (Wildman–Crippen LogP) is -0.209. The second kappa shape index (κ2) is 10.1. The molecule has 0 atom stereocenters. The van der Waals surface area contributed by atoms with Gasteiger partial charge in [-0.3, -0.25) is 0 Å². The number of rotatable bonds is 6. The molecular formula is C7H17AlO3. The summed E-state index contributed by atoms with van der Waals surface area (Å²) in [5, 5.41) is 0. The van der Waals surface area contributed by atoms with Crippen LogP contribution in [0.15, 0.2) is 0 Å². The lowest BCUT2D eigenvalue weighted by Crippen LogP contribution is -2.17. The molecule has 4 heteroatoms. The minimum absolute atomic E-state index is 0. The monoisotopic (exact) mass is 176 g/mol. The Balaban J connectivity index is 0. The first-order valence-corrected chi connectivity index (χ1v) is 3.52. The van der Waals surface area contributed by atoms with E-state index in [1.54, 1.807) is 0 Å². The molecule has 0 aliphatic heterocycles. The topological polar surface area (TPSA) is 35.5 Å². The summed E-state index contributed by atoms with van der Waals surface area (Å²) < 4.78 is 10.1. The molecule has 0 unspecified atom stereocenters. The van der Waals surface area contributed by atoms with E-state index in [9.17, 15) is 4.79 Å². The first-order valence-electron chi connectivity index (χ1n) is 3.52. The summed E-state index contributed by atoms with van der Waals surface area (Å²) in [5.41, 5.74) is 0.